The average molecular weight is 364 g/mol. The first-order chi connectivity index (χ1) is 11.8. The molecule has 25 heavy (non-hydrogen) atoms. The zero-order valence-corrected chi connectivity index (χ0v) is 15.5. The second-order valence-corrected chi connectivity index (χ2v) is 8.13. The van der Waals surface area contributed by atoms with E-state index in [2.05, 4.69) is 10.0 Å². The Hall–Kier alpha value is -2.12. The highest BCUT2D eigenvalue weighted by atomic mass is 32.2. The summed E-state index contributed by atoms with van der Waals surface area (Å²) in [7, 11) is -3.78. The number of aryl methyl sites for hydroxylation is 1. The van der Waals surface area contributed by atoms with Crippen molar-refractivity contribution in [2.45, 2.75) is 44.7 Å². The third-order valence-corrected chi connectivity index (χ3v) is 5.11. The van der Waals surface area contributed by atoms with Crippen molar-refractivity contribution in [3.05, 3.63) is 54.0 Å². The Balaban J connectivity index is 2.11. The van der Waals surface area contributed by atoms with Gasteiger partial charge in [-0.2, -0.15) is 4.72 Å². The van der Waals surface area contributed by atoms with E-state index in [4.69, 9.17) is 4.42 Å². The van der Waals surface area contributed by atoms with Crippen molar-refractivity contribution in [1.29, 1.82) is 0 Å². The van der Waals surface area contributed by atoms with Gasteiger partial charge in [-0.05, 0) is 49.1 Å². The van der Waals surface area contributed by atoms with Crippen LogP contribution in [0, 0.1) is 12.8 Å². The Morgan fingerprint density at radius 1 is 1.20 bits per heavy atom. The van der Waals surface area contributed by atoms with Gasteiger partial charge in [-0.1, -0.05) is 26.0 Å². The molecule has 1 aromatic heterocycles. The zero-order valence-electron chi connectivity index (χ0n) is 14.7. The molecule has 0 aliphatic carbocycles. The van der Waals surface area contributed by atoms with E-state index in [0.29, 0.717) is 12.2 Å². The molecular weight excluding hydrogens is 340 g/mol. The number of carbonyl (C=O) groups excluding carboxylic acids is 1. The lowest BCUT2D eigenvalue weighted by Crippen LogP contribution is -2.47. The SMILES string of the molecule is Cc1cccc(S(=O)(=O)N[C@@H](CC(C)C)C(=O)NCc2ccco2)c1. The number of sulfonamides is 1. The van der Waals surface area contributed by atoms with Gasteiger partial charge in [0.25, 0.3) is 0 Å². The maximum Gasteiger partial charge on any atom is 0.241 e. The van der Waals surface area contributed by atoms with Crippen LogP contribution in [-0.4, -0.2) is 20.4 Å². The highest BCUT2D eigenvalue weighted by molar-refractivity contribution is 7.89. The van der Waals surface area contributed by atoms with Crippen LogP contribution in [0.25, 0.3) is 0 Å². The summed E-state index contributed by atoms with van der Waals surface area (Å²) in [5.74, 6) is 0.388. The number of carbonyl (C=O) groups is 1. The standard InChI is InChI=1S/C18H24N2O4S/c1-13(2)10-17(18(21)19-12-15-7-5-9-24-15)20-25(22,23)16-8-4-6-14(3)11-16/h4-9,11,13,17,20H,10,12H2,1-3H3,(H,19,21)/t17-/m0/s1. The molecule has 0 saturated carbocycles. The van der Waals surface area contributed by atoms with Crippen molar-refractivity contribution < 1.29 is 17.6 Å². The molecule has 0 bridgehead atoms. The van der Waals surface area contributed by atoms with Crippen LogP contribution in [0.15, 0.2) is 52.0 Å². The van der Waals surface area contributed by atoms with Gasteiger partial charge in [-0.15, -0.1) is 0 Å². The summed E-state index contributed by atoms with van der Waals surface area (Å²) < 4.78 is 32.9. The number of rotatable bonds is 8. The van der Waals surface area contributed by atoms with E-state index < -0.39 is 16.1 Å². The first kappa shape index (κ1) is 19.2. The van der Waals surface area contributed by atoms with Crippen LogP contribution in [0.4, 0.5) is 0 Å². The second-order valence-electron chi connectivity index (χ2n) is 6.42. The smallest absolute Gasteiger partial charge is 0.241 e. The van der Waals surface area contributed by atoms with E-state index in [-0.39, 0.29) is 23.3 Å². The fraction of sp³-hybridized carbons (Fsp3) is 0.389. The quantitative estimate of drug-likeness (QED) is 0.753. The van der Waals surface area contributed by atoms with Gasteiger partial charge in [0.05, 0.1) is 17.7 Å². The van der Waals surface area contributed by atoms with E-state index in [1.54, 1.807) is 24.3 Å². The minimum atomic E-state index is -3.78. The number of furan rings is 1. The van der Waals surface area contributed by atoms with Gasteiger partial charge >= 0.3 is 0 Å². The number of nitrogens with one attached hydrogen (secondary N) is 2. The second kappa shape index (κ2) is 8.31. The van der Waals surface area contributed by atoms with Crippen molar-refractivity contribution in [3.8, 4) is 0 Å². The molecule has 0 unspecified atom stereocenters. The summed E-state index contributed by atoms with van der Waals surface area (Å²) in [5, 5.41) is 2.72. The molecule has 1 heterocycles. The summed E-state index contributed by atoms with van der Waals surface area (Å²) in [6.45, 7) is 5.91. The van der Waals surface area contributed by atoms with Crippen LogP contribution in [0.1, 0.15) is 31.6 Å². The average Bonchev–Trinajstić information content (AvgIpc) is 3.04. The van der Waals surface area contributed by atoms with Gasteiger partial charge in [0.15, 0.2) is 0 Å². The van der Waals surface area contributed by atoms with Crippen molar-refractivity contribution in [1.82, 2.24) is 10.0 Å². The molecule has 0 spiro atoms. The topological polar surface area (TPSA) is 88.4 Å². The molecule has 2 N–H and O–H groups in total. The highest BCUT2D eigenvalue weighted by Gasteiger charge is 2.26. The van der Waals surface area contributed by atoms with E-state index in [1.165, 1.54) is 12.3 Å². The lowest BCUT2D eigenvalue weighted by atomic mass is 10.0. The summed E-state index contributed by atoms with van der Waals surface area (Å²) in [6.07, 6.45) is 1.92. The predicted molar refractivity (Wildman–Crippen MR) is 95.3 cm³/mol. The summed E-state index contributed by atoms with van der Waals surface area (Å²) in [5.41, 5.74) is 0.838. The molecule has 0 aliphatic rings. The maximum atomic E-state index is 12.6. The zero-order chi connectivity index (χ0) is 18.4. The first-order valence-electron chi connectivity index (χ1n) is 8.17. The van der Waals surface area contributed by atoms with Crippen LogP contribution in [-0.2, 0) is 21.4 Å². The lowest BCUT2D eigenvalue weighted by molar-refractivity contribution is -0.123. The third-order valence-electron chi connectivity index (χ3n) is 3.64. The summed E-state index contributed by atoms with van der Waals surface area (Å²) in [6, 6.07) is 9.22. The van der Waals surface area contributed by atoms with Crippen molar-refractivity contribution in [2.24, 2.45) is 5.92 Å². The summed E-state index contributed by atoms with van der Waals surface area (Å²) >= 11 is 0. The molecule has 1 atom stereocenters. The molecule has 1 amide bonds. The number of hydrogen-bond acceptors (Lipinski definition) is 4. The molecule has 7 heteroatoms. The molecule has 2 rings (SSSR count). The minimum Gasteiger partial charge on any atom is -0.467 e. The highest BCUT2D eigenvalue weighted by Crippen LogP contribution is 2.14. The van der Waals surface area contributed by atoms with Crippen molar-refractivity contribution in [3.63, 3.8) is 0 Å². The third kappa shape index (κ3) is 5.72. The lowest BCUT2D eigenvalue weighted by Gasteiger charge is -2.20. The fourth-order valence-corrected chi connectivity index (χ4v) is 3.74. The molecule has 136 valence electrons. The van der Waals surface area contributed by atoms with E-state index in [1.807, 2.05) is 26.8 Å². The molecular formula is C18H24N2O4S. The van der Waals surface area contributed by atoms with Crippen LogP contribution in [0.2, 0.25) is 0 Å². The van der Waals surface area contributed by atoms with Gasteiger partial charge in [0.2, 0.25) is 15.9 Å². The van der Waals surface area contributed by atoms with Gasteiger partial charge in [0.1, 0.15) is 11.8 Å². The molecule has 0 fully saturated rings. The fourth-order valence-electron chi connectivity index (χ4n) is 2.43. The Morgan fingerprint density at radius 2 is 1.96 bits per heavy atom. The Morgan fingerprint density at radius 3 is 2.56 bits per heavy atom. The largest absolute Gasteiger partial charge is 0.467 e. The Kier molecular flexibility index (Phi) is 6.39. The molecule has 0 saturated heterocycles. The number of hydrogen-bond donors (Lipinski definition) is 2. The van der Waals surface area contributed by atoms with Crippen LogP contribution in [0.5, 0.6) is 0 Å². The maximum absolute atomic E-state index is 12.6. The Bertz CT molecular complexity index is 798. The number of benzene rings is 1. The van der Waals surface area contributed by atoms with Crippen LogP contribution >= 0.6 is 0 Å². The predicted octanol–water partition coefficient (Wildman–Crippen LogP) is 2.60. The van der Waals surface area contributed by atoms with E-state index in [0.717, 1.165) is 5.56 Å². The number of amides is 1. The normalized spacial score (nSPS) is 13.0. The van der Waals surface area contributed by atoms with Gasteiger partial charge in [0, 0.05) is 0 Å². The Labute approximate surface area is 148 Å². The molecule has 6 nitrogen and oxygen atoms in total. The van der Waals surface area contributed by atoms with Crippen molar-refractivity contribution >= 4 is 15.9 Å². The van der Waals surface area contributed by atoms with Gasteiger partial charge in [-0.3, -0.25) is 4.79 Å². The molecule has 0 aliphatic heterocycles. The first-order valence-corrected chi connectivity index (χ1v) is 9.65. The molecule has 0 radical (unpaired) electrons. The van der Waals surface area contributed by atoms with Crippen LogP contribution < -0.4 is 10.0 Å². The van der Waals surface area contributed by atoms with E-state index >= 15 is 0 Å². The molecule has 2 aromatic rings. The monoisotopic (exact) mass is 364 g/mol. The minimum absolute atomic E-state index is 0.152. The van der Waals surface area contributed by atoms with Crippen LogP contribution in [0.3, 0.4) is 0 Å². The molecule has 1 aromatic carbocycles. The van der Waals surface area contributed by atoms with Gasteiger partial charge < -0.3 is 9.73 Å². The van der Waals surface area contributed by atoms with Gasteiger partial charge in [-0.25, -0.2) is 8.42 Å². The van der Waals surface area contributed by atoms with E-state index in [9.17, 15) is 13.2 Å². The summed E-state index contributed by atoms with van der Waals surface area (Å²) in [4.78, 5) is 12.6. The van der Waals surface area contributed by atoms with Crippen molar-refractivity contribution in [2.75, 3.05) is 0 Å².